The van der Waals surface area contributed by atoms with Crippen molar-refractivity contribution in [2.75, 3.05) is 26.3 Å². The molecule has 5 heteroatoms. The molecule has 0 aliphatic carbocycles. The van der Waals surface area contributed by atoms with Crippen molar-refractivity contribution in [2.45, 2.75) is 13.3 Å². The standard InChI is InChI=1S/C13H18ClNO3/c1-2-17-13(16)7-8-15-9-10-18-12-6-4-3-5-11(12)14/h3-6,15H,2,7-10H2,1H3. The summed E-state index contributed by atoms with van der Waals surface area (Å²) < 4.78 is 10.3. The van der Waals surface area contributed by atoms with E-state index in [2.05, 4.69) is 5.32 Å². The number of hydrogen-bond acceptors (Lipinski definition) is 4. The van der Waals surface area contributed by atoms with Crippen molar-refractivity contribution in [2.24, 2.45) is 0 Å². The highest BCUT2D eigenvalue weighted by atomic mass is 35.5. The van der Waals surface area contributed by atoms with Crippen LogP contribution in [-0.4, -0.2) is 32.3 Å². The molecule has 1 N–H and O–H groups in total. The molecule has 0 aliphatic rings. The van der Waals surface area contributed by atoms with Crippen molar-refractivity contribution in [1.82, 2.24) is 5.32 Å². The van der Waals surface area contributed by atoms with Crippen LogP contribution in [0.4, 0.5) is 0 Å². The van der Waals surface area contributed by atoms with Gasteiger partial charge in [-0.25, -0.2) is 0 Å². The smallest absolute Gasteiger partial charge is 0.307 e. The highest BCUT2D eigenvalue weighted by molar-refractivity contribution is 6.32. The molecule has 4 nitrogen and oxygen atoms in total. The van der Waals surface area contributed by atoms with Gasteiger partial charge in [0.1, 0.15) is 12.4 Å². The first-order valence-corrected chi connectivity index (χ1v) is 6.35. The predicted octanol–water partition coefficient (Wildman–Crippen LogP) is 2.26. The maximum atomic E-state index is 11.0. The van der Waals surface area contributed by atoms with E-state index in [0.717, 1.165) is 0 Å². The van der Waals surface area contributed by atoms with Crippen LogP contribution in [0.25, 0.3) is 0 Å². The lowest BCUT2D eigenvalue weighted by Gasteiger charge is -2.08. The Morgan fingerprint density at radius 2 is 2.11 bits per heavy atom. The van der Waals surface area contributed by atoms with Gasteiger partial charge in [-0.2, -0.15) is 0 Å². The van der Waals surface area contributed by atoms with Crippen LogP contribution < -0.4 is 10.1 Å². The van der Waals surface area contributed by atoms with Crippen LogP contribution in [0.3, 0.4) is 0 Å². The van der Waals surface area contributed by atoms with Crippen LogP contribution in [-0.2, 0) is 9.53 Å². The van der Waals surface area contributed by atoms with Gasteiger partial charge >= 0.3 is 5.97 Å². The summed E-state index contributed by atoms with van der Waals surface area (Å²) in [5, 5.41) is 3.70. The number of rotatable bonds is 8. The fourth-order valence-electron chi connectivity index (χ4n) is 1.34. The molecule has 0 saturated heterocycles. The number of para-hydroxylation sites is 1. The molecule has 0 fully saturated rings. The molecule has 0 unspecified atom stereocenters. The minimum atomic E-state index is -0.183. The zero-order valence-electron chi connectivity index (χ0n) is 10.4. The van der Waals surface area contributed by atoms with Crippen molar-refractivity contribution >= 4 is 17.6 Å². The summed E-state index contributed by atoms with van der Waals surface area (Å²) in [4.78, 5) is 11.0. The van der Waals surface area contributed by atoms with Crippen LogP contribution in [0.15, 0.2) is 24.3 Å². The maximum Gasteiger partial charge on any atom is 0.307 e. The van der Waals surface area contributed by atoms with Crippen molar-refractivity contribution in [3.8, 4) is 5.75 Å². The third kappa shape index (κ3) is 5.89. The van der Waals surface area contributed by atoms with Gasteiger partial charge in [0.15, 0.2) is 0 Å². The Bertz CT molecular complexity index is 371. The van der Waals surface area contributed by atoms with E-state index in [1.807, 2.05) is 18.2 Å². The Kier molecular flexibility index (Phi) is 7.22. The Morgan fingerprint density at radius 3 is 2.83 bits per heavy atom. The highest BCUT2D eigenvalue weighted by Gasteiger charge is 2.01. The van der Waals surface area contributed by atoms with E-state index in [4.69, 9.17) is 21.1 Å². The maximum absolute atomic E-state index is 11.0. The number of hydrogen-bond donors (Lipinski definition) is 1. The molecule has 0 saturated carbocycles. The summed E-state index contributed by atoms with van der Waals surface area (Å²) in [6.07, 6.45) is 0.375. The molecule has 100 valence electrons. The third-order valence-electron chi connectivity index (χ3n) is 2.18. The lowest BCUT2D eigenvalue weighted by Crippen LogP contribution is -2.24. The fraction of sp³-hybridized carbons (Fsp3) is 0.462. The minimum absolute atomic E-state index is 0.183. The summed E-state index contributed by atoms with van der Waals surface area (Å²) in [5.74, 6) is 0.489. The Morgan fingerprint density at radius 1 is 1.33 bits per heavy atom. The van der Waals surface area contributed by atoms with Crippen LogP contribution in [0.1, 0.15) is 13.3 Å². The Labute approximate surface area is 112 Å². The fourth-order valence-corrected chi connectivity index (χ4v) is 1.53. The molecule has 0 heterocycles. The molecule has 0 atom stereocenters. The van der Waals surface area contributed by atoms with Gasteiger partial charge < -0.3 is 14.8 Å². The van der Waals surface area contributed by atoms with Crippen molar-refractivity contribution in [3.63, 3.8) is 0 Å². The Hall–Kier alpha value is -1.26. The lowest BCUT2D eigenvalue weighted by molar-refractivity contribution is -0.142. The number of benzene rings is 1. The molecule has 0 aromatic heterocycles. The number of carbonyl (C=O) groups is 1. The molecule has 0 radical (unpaired) electrons. The summed E-state index contributed by atoms with van der Waals surface area (Å²) in [6.45, 7) is 3.97. The monoisotopic (exact) mass is 271 g/mol. The Balaban J connectivity index is 2.06. The zero-order valence-corrected chi connectivity index (χ0v) is 11.2. The average molecular weight is 272 g/mol. The molecular weight excluding hydrogens is 254 g/mol. The van der Waals surface area contributed by atoms with E-state index in [0.29, 0.717) is 43.5 Å². The number of nitrogens with one attached hydrogen (secondary N) is 1. The zero-order chi connectivity index (χ0) is 13.2. The lowest BCUT2D eigenvalue weighted by atomic mass is 10.3. The van der Waals surface area contributed by atoms with E-state index in [1.165, 1.54) is 0 Å². The minimum Gasteiger partial charge on any atom is -0.491 e. The van der Waals surface area contributed by atoms with Crippen molar-refractivity contribution in [3.05, 3.63) is 29.3 Å². The molecule has 0 amide bonds. The van der Waals surface area contributed by atoms with Gasteiger partial charge in [0.2, 0.25) is 0 Å². The second-order valence-corrected chi connectivity index (χ2v) is 3.99. The van der Waals surface area contributed by atoms with Gasteiger partial charge in [-0.15, -0.1) is 0 Å². The molecule has 0 spiro atoms. The average Bonchev–Trinajstić information content (AvgIpc) is 2.36. The molecule has 0 bridgehead atoms. The summed E-state index contributed by atoms with van der Waals surface area (Å²) >= 11 is 5.93. The summed E-state index contributed by atoms with van der Waals surface area (Å²) in [6, 6.07) is 7.33. The SMILES string of the molecule is CCOC(=O)CCNCCOc1ccccc1Cl. The van der Waals surface area contributed by atoms with E-state index >= 15 is 0 Å². The summed E-state index contributed by atoms with van der Waals surface area (Å²) in [7, 11) is 0. The number of halogens is 1. The number of ether oxygens (including phenoxy) is 2. The molecule has 1 rings (SSSR count). The predicted molar refractivity (Wildman–Crippen MR) is 71.1 cm³/mol. The second kappa shape index (κ2) is 8.78. The second-order valence-electron chi connectivity index (χ2n) is 3.58. The quantitative estimate of drug-likeness (QED) is 0.582. The molecular formula is C13H18ClNO3. The van der Waals surface area contributed by atoms with Crippen LogP contribution >= 0.6 is 11.6 Å². The van der Waals surface area contributed by atoms with Gasteiger partial charge in [-0.1, -0.05) is 23.7 Å². The topological polar surface area (TPSA) is 47.6 Å². The van der Waals surface area contributed by atoms with E-state index < -0.39 is 0 Å². The number of esters is 1. The van der Waals surface area contributed by atoms with Gasteiger partial charge in [-0.3, -0.25) is 4.79 Å². The first-order chi connectivity index (χ1) is 8.74. The van der Waals surface area contributed by atoms with E-state index in [-0.39, 0.29) is 5.97 Å². The molecule has 0 aliphatic heterocycles. The third-order valence-corrected chi connectivity index (χ3v) is 2.50. The van der Waals surface area contributed by atoms with Crippen LogP contribution in [0, 0.1) is 0 Å². The first kappa shape index (κ1) is 14.8. The van der Waals surface area contributed by atoms with Gasteiger partial charge in [0, 0.05) is 13.1 Å². The normalized spacial score (nSPS) is 10.1. The van der Waals surface area contributed by atoms with Crippen molar-refractivity contribution in [1.29, 1.82) is 0 Å². The first-order valence-electron chi connectivity index (χ1n) is 5.97. The van der Waals surface area contributed by atoms with Gasteiger partial charge in [0.05, 0.1) is 18.1 Å². The molecule has 1 aromatic rings. The summed E-state index contributed by atoms with van der Waals surface area (Å²) in [5.41, 5.74) is 0. The van der Waals surface area contributed by atoms with E-state index in [9.17, 15) is 4.79 Å². The molecule has 1 aromatic carbocycles. The van der Waals surface area contributed by atoms with Crippen molar-refractivity contribution < 1.29 is 14.3 Å². The van der Waals surface area contributed by atoms with Gasteiger partial charge in [-0.05, 0) is 19.1 Å². The van der Waals surface area contributed by atoms with Gasteiger partial charge in [0.25, 0.3) is 0 Å². The van der Waals surface area contributed by atoms with E-state index in [1.54, 1.807) is 13.0 Å². The van der Waals surface area contributed by atoms with Crippen LogP contribution in [0.2, 0.25) is 5.02 Å². The number of carbonyl (C=O) groups excluding carboxylic acids is 1. The largest absolute Gasteiger partial charge is 0.491 e. The van der Waals surface area contributed by atoms with Crippen LogP contribution in [0.5, 0.6) is 5.75 Å². The molecule has 18 heavy (non-hydrogen) atoms. The highest BCUT2D eigenvalue weighted by Crippen LogP contribution is 2.22.